The average Bonchev–Trinajstić information content (AvgIpc) is 3.20. The summed E-state index contributed by atoms with van der Waals surface area (Å²) in [5, 5.41) is 2.06. The molecular formula is C22H20N3O. The second-order valence-electron chi connectivity index (χ2n) is 6.86. The first-order valence-corrected chi connectivity index (χ1v) is 8.74. The predicted octanol–water partition coefficient (Wildman–Crippen LogP) is 5.78. The topological polar surface area (TPSA) is 32.5 Å². The van der Waals surface area contributed by atoms with E-state index in [9.17, 15) is 0 Å². The minimum Gasteiger partial charge on any atom is -0.435 e. The molecule has 0 amide bonds. The highest BCUT2D eigenvalue weighted by Crippen LogP contribution is 2.47. The van der Waals surface area contributed by atoms with Gasteiger partial charge in [-0.05, 0) is 50.6 Å². The molecule has 0 bridgehead atoms. The highest BCUT2D eigenvalue weighted by atomic mass is 16.3. The van der Waals surface area contributed by atoms with Crippen molar-refractivity contribution in [3.63, 3.8) is 0 Å². The van der Waals surface area contributed by atoms with Crippen molar-refractivity contribution in [3.05, 3.63) is 67.0 Å². The van der Waals surface area contributed by atoms with Gasteiger partial charge in [0.15, 0.2) is 5.58 Å². The number of furan rings is 1. The van der Waals surface area contributed by atoms with Crippen LogP contribution in [-0.2, 0) is 0 Å². The summed E-state index contributed by atoms with van der Waals surface area (Å²) in [7, 11) is 0. The molecule has 4 heteroatoms. The number of benzene rings is 2. The molecule has 129 valence electrons. The van der Waals surface area contributed by atoms with Gasteiger partial charge in [0, 0.05) is 23.0 Å². The van der Waals surface area contributed by atoms with Crippen molar-refractivity contribution in [2.24, 2.45) is 0 Å². The second-order valence-corrected chi connectivity index (χ2v) is 6.86. The SMILES string of the molecule is [2H]C(C)(C)N1[CH]N(c2c(C)ccc3c2oc2ncccc23)c2ccccc21. The van der Waals surface area contributed by atoms with Gasteiger partial charge < -0.3 is 14.2 Å². The summed E-state index contributed by atoms with van der Waals surface area (Å²) in [5.41, 5.74) is 5.62. The van der Waals surface area contributed by atoms with Gasteiger partial charge >= 0.3 is 0 Å². The van der Waals surface area contributed by atoms with Crippen molar-refractivity contribution in [3.8, 4) is 0 Å². The molecular weight excluding hydrogens is 322 g/mol. The molecule has 0 spiro atoms. The largest absolute Gasteiger partial charge is 0.435 e. The molecule has 1 radical (unpaired) electrons. The third-order valence-corrected chi connectivity index (χ3v) is 4.95. The summed E-state index contributed by atoms with van der Waals surface area (Å²) in [6.07, 6.45) is 1.75. The fourth-order valence-corrected chi connectivity index (χ4v) is 3.70. The maximum atomic E-state index is 8.55. The van der Waals surface area contributed by atoms with Crippen molar-refractivity contribution < 1.29 is 5.79 Å². The van der Waals surface area contributed by atoms with Crippen LogP contribution < -0.4 is 9.80 Å². The van der Waals surface area contributed by atoms with E-state index >= 15 is 0 Å². The number of hydrogen-bond acceptors (Lipinski definition) is 4. The smallest absolute Gasteiger partial charge is 0.227 e. The van der Waals surface area contributed by atoms with Crippen LogP contribution in [0.15, 0.2) is 59.1 Å². The fraction of sp³-hybridized carbons (Fsp3) is 0.182. The van der Waals surface area contributed by atoms with E-state index in [0.29, 0.717) is 5.71 Å². The summed E-state index contributed by atoms with van der Waals surface area (Å²) in [6, 6.07) is 15.6. The Morgan fingerprint density at radius 1 is 1.00 bits per heavy atom. The maximum absolute atomic E-state index is 8.55. The van der Waals surface area contributed by atoms with Gasteiger partial charge in [0.1, 0.15) is 6.67 Å². The van der Waals surface area contributed by atoms with Crippen molar-refractivity contribution in [1.82, 2.24) is 4.98 Å². The zero-order valence-electron chi connectivity index (χ0n) is 16.0. The molecule has 0 aliphatic carbocycles. The minimum atomic E-state index is -0.776. The highest BCUT2D eigenvalue weighted by Gasteiger charge is 2.31. The number of rotatable bonds is 2. The number of nitrogens with zero attached hydrogens (tertiary/aromatic N) is 3. The molecule has 26 heavy (non-hydrogen) atoms. The van der Waals surface area contributed by atoms with E-state index in [1.807, 2.05) is 49.7 Å². The molecule has 2 aromatic heterocycles. The molecule has 1 aliphatic heterocycles. The molecule has 0 saturated carbocycles. The van der Waals surface area contributed by atoms with Gasteiger partial charge in [-0.25, -0.2) is 4.98 Å². The summed E-state index contributed by atoms with van der Waals surface area (Å²) in [4.78, 5) is 8.50. The Morgan fingerprint density at radius 2 is 1.81 bits per heavy atom. The molecule has 5 rings (SSSR count). The van der Waals surface area contributed by atoms with E-state index in [-0.39, 0.29) is 0 Å². The first-order chi connectivity index (χ1) is 12.9. The lowest BCUT2D eigenvalue weighted by atomic mass is 10.1. The minimum absolute atomic E-state index is 0.643. The van der Waals surface area contributed by atoms with E-state index in [4.69, 9.17) is 5.79 Å². The van der Waals surface area contributed by atoms with E-state index < -0.39 is 6.02 Å². The number of hydrogen-bond donors (Lipinski definition) is 0. The van der Waals surface area contributed by atoms with Gasteiger partial charge in [0.2, 0.25) is 5.71 Å². The first kappa shape index (κ1) is 14.2. The molecule has 0 unspecified atom stereocenters. The third-order valence-electron chi connectivity index (χ3n) is 4.95. The molecule has 0 N–H and O–H groups in total. The Balaban J connectivity index is 1.78. The standard InChI is InChI=1S/C22H20N3O/c1-14(2)24-13-25(19-9-5-4-8-18(19)24)20-15(3)10-11-16-17-7-6-12-23-22(17)26-21(16)20/h4-14H,1-3H3/i14D. The maximum Gasteiger partial charge on any atom is 0.227 e. The number of aryl methyl sites for hydroxylation is 1. The van der Waals surface area contributed by atoms with E-state index in [1.165, 1.54) is 0 Å². The molecule has 0 saturated heterocycles. The summed E-state index contributed by atoms with van der Waals surface area (Å²) in [5.74, 6) is 0. The zero-order chi connectivity index (χ0) is 18.8. The number of pyridine rings is 1. The number of para-hydroxylation sites is 2. The van der Waals surface area contributed by atoms with Gasteiger partial charge in [-0.1, -0.05) is 24.3 Å². The van der Waals surface area contributed by atoms with Crippen molar-refractivity contribution in [2.75, 3.05) is 9.80 Å². The van der Waals surface area contributed by atoms with E-state index in [0.717, 1.165) is 39.0 Å². The summed E-state index contributed by atoms with van der Waals surface area (Å²) < 4.78 is 14.7. The van der Waals surface area contributed by atoms with Crippen LogP contribution >= 0.6 is 0 Å². The van der Waals surface area contributed by atoms with Crippen LogP contribution in [0.5, 0.6) is 0 Å². The average molecular weight is 343 g/mol. The Labute approximate surface area is 154 Å². The predicted molar refractivity (Wildman–Crippen MR) is 107 cm³/mol. The lowest BCUT2D eigenvalue weighted by Crippen LogP contribution is -2.28. The summed E-state index contributed by atoms with van der Waals surface area (Å²) >= 11 is 0. The normalized spacial score (nSPS) is 15.0. The van der Waals surface area contributed by atoms with Crippen molar-refractivity contribution in [1.29, 1.82) is 0 Å². The fourth-order valence-electron chi connectivity index (χ4n) is 3.70. The van der Waals surface area contributed by atoms with Crippen LogP contribution in [0.2, 0.25) is 0 Å². The molecule has 4 aromatic rings. The van der Waals surface area contributed by atoms with Gasteiger partial charge in [-0.15, -0.1) is 0 Å². The molecule has 2 aromatic carbocycles. The van der Waals surface area contributed by atoms with Crippen LogP contribution in [0.4, 0.5) is 17.1 Å². The van der Waals surface area contributed by atoms with Crippen LogP contribution in [-0.4, -0.2) is 11.0 Å². The van der Waals surface area contributed by atoms with Crippen LogP contribution in [0, 0.1) is 13.6 Å². The van der Waals surface area contributed by atoms with Gasteiger partial charge in [-0.3, -0.25) is 0 Å². The molecule has 4 nitrogen and oxygen atoms in total. The van der Waals surface area contributed by atoms with Gasteiger partial charge in [0.25, 0.3) is 0 Å². The van der Waals surface area contributed by atoms with Crippen LogP contribution in [0.25, 0.3) is 22.1 Å². The number of fused-ring (bicyclic) bond motifs is 4. The zero-order valence-corrected chi connectivity index (χ0v) is 15.0. The first-order valence-electron chi connectivity index (χ1n) is 9.24. The van der Waals surface area contributed by atoms with Gasteiger partial charge in [-0.2, -0.15) is 0 Å². The highest BCUT2D eigenvalue weighted by molar-refractivity contribution is 6.10. The molecule has 0 atom stereocenters. The Morgan fingerprint density at radius 3 is 2.62 bits per heavy atom. The van der Waals surface area contributed by atoms with E-state index in [1.54, 1.807) is 6.20 Å². The van der Waals surface area contributed by atoms with Gasteiger partial charge in [0.05, 0.1) is 18.4 Å². The monoisotopic (exact) mass is 343 g/mol. The summed E-state index contributed by atoms with van der Waals surface area (Å²) in [6.45, 7) is 7.87. The van der Waals surface area contributed by atoms with Crippen molar-refractivity contribution >= 4 is 39.1 Å². The number of anilines is 3. The quantitative estimate of drug-likeness (QED) is 0.462. The van der Waals surface area contributed by atoms with Crippen molar-refractivity contribution in [2.45, 2.75) is 26.8 Å². The Kier molecular flexibility index (Phi) is 3.00. The molecule has 0 fully saturated rings. The Bertz CT molecular complexity index is 1180. The van der Waals surface area contributed by atoms with E-state index in [2.05, 4.69) is 41.1 Å². The van der Waals surface area contributed by atoms with Crippen LogP contribution in [0.3, 0.4) is 0 Å². The lowest BCUT2D eigenvalue weighted by Gasteiger charge is -2.25. The molecule has 3 heterocycles. The molecule has 1 aliphatic rings. The lowest BCUT2D eigenvalue weighted by molar-refractivity contribution is 0.653. The second kappa shape index (κ2) is 5.49. The van der Waals surface area contributed by atoms with Crippen LogP contribution in [0.1, 0.15) is 20.8 Å². The Hall–Kier alpha value is -3.01. The third kappa shape index (κ3) is 2.05. The number of aromatic nitrogens is 1.